The number of rotatable bonds is 9. The summed E-state index contributed by atoms with van der Waals surface area (Å²) in [6.07, 6.45) is 0. The molecule has 0 unspecified atom stereocenters. The lowest BCUT2D eigenvalue weighted by Gasteiger charge is -2.14. The van der Waals surface area contributed by atoms with Gasteiger partial charge in [-0.15, -0.1) is 0 Å². The maximum Gasteiger partial charge on any atom is 0.258 e. The number of aryl methyl sites for hydroxylation is 3. The third-order valence-corrected chi connectivity index (χ3v) is 4.90. The summed E-state index contributed by atoms with van der Waals surface area (Å²) in [5.41, 5.74) is 5.29. The van der Waals surface area contributed by atoms with Gasteiger partial charge in [-0.2, -0.15) is 0 Å². The summed E-state index contributed by atoms with van der Waals surface area (Å²) in [6.45, 7) is 10.4. The van der Waals surface area contributed by atoms with Gasteiger partial charge in [-0.3, -0.25) is 9.59 Å². The Hall–Kier alpha value is -3.02. The van der Waals surface area contributed by atoms with E-state index in [2.05, 4.69) is 10.6 Å². The van der Waals surface area contributed by atoms with Gasteiger partial charge in [0.05, 0.1) is 0 Å². The lowest BCUT2D eigenvalue weighted by atomic mass is 10.1. The Kier molecular flexibility index (Phi) is 8.07. The standard InChI is InChI=1S/C23H30N2O4/c1-15-7-6-8-20(18(15)4)28-13-21(26)24-11-12-25-22(27)14-29-23-17(3)10-9-16(2)19(23)5/h6-10H,11-14H2,1-5H3,(H,24,26)(H,25,27). The number of carbonyl (C=O) groups excluding carboxylic acids is 2. The van der Waals surface area contributed by atoms with Gasteiger partial charge in [-0.25, -0.2) is 0 Å². The predicted octanol–water partition coefficient (Wildman–Crippen LogP) is 2.92. The van der Waals surface area contributed by atoms with Crippen LogP contribution in [-0.2, 0) is 9.59 Å². The minimum Gasteiger partial charge on any atom is -0.483 e. The first-order chi connectivity index (χ1) is 13.8. The number of hydrogen-bond acceptors (Lipinski definition) is 4. The summed E-state index contributed by atoms with van der Waals surface area (Å²) in [5, 5.41) is 5.46. The molecule has 0 fully saturated rings. The Morgan fingerprint density at radius 2 is 1.28 bits per heavy atom. The van der Waals surface area contributed by atoms with Crippen molar-refractivity contribution in [1.82, 2.24) is 10.6 Å². The maximum absolute atomic E-state index is 12.0. The van der Waals surface area contributed by atoms with Crippen LogP contribution in [0.3, 0.4) is 0 Å². The number of carbonyl (C=O) groups is 2. The van der Waals surface area contributed by atoms with Gasteiger partial charge in [0.1, 0.15) is 11.5 Å². The second-order valence-electron chi connectivity index (χ2n) is 7.13. The van der Waals surface area contributed by atoms with E-state index in [0.29, 0.717) is 18.8 Å². The average molecular weight is 399 g/mol. The van der Waals surface area contributed by atoms with E-state index in [-0.39, 0.29) is 25.0 Å². The molecule has 0 aromatic heterocycles. The summed E-state index contributed by atoms with van der Waals surface area (Å²) in [6, 6.07) is 9.74. The van der Waals surface area contributed by atoms with E-state index >= 15 is 0 Å². The fourth-order valence-electron chi connectivity index (χ4n) is 2.82. The van der Waals surface area contributed by atoms with Gasteiger partial charge in [-0.05, 0) is 68.5 Å². The second kappa shape index (κ2) is 10.5. The van der Waals surface area contributed by atoms with E-state index in [1.807, 2.05) is 65.0 Å². The molecule has 0 aliphatic rings. The lowest BCUT2D eigenvalue weighted by Crippen LogP contribution is -2.38. The molecule has 0 aliphatic heterocycles. The van der Waals surface area contributed by atoms with E-state index in [4.69, 9.17) is 9.47 Å². The molecule has 6 heteroatoms. The van der Waals surface area contributed by atoms with Crippen LogP contribution >= 0.6 is 0 Å². The Morgan fingerprint density at radius 1 is 0.724 bits per heavy atom. The Labute approximate surface area is 172 Å². The molecule has 2 aromatic rings. The average Bonchev–Trinajstić information content (AvgIpc) is 2.69. The van der Waals surface area contributed by atoms with Crippen molar-refractivity contribution in [2.75, 3.05) is 26.3 Å². The Morgan fingerprint density at radius 3 is 1.93 bits per heavy atom. The number of benzene rings is 2. The fraction of sp³-hybridized carbons (Fsp3) is 0.391. The molecule has 0 heterocycles. The van der Waals surface area contributed by atoms with Crippen molar-refractivity contribution in [3.63, 3.8) is 0 Å². The van der Waals surface area contributed by atoms with E-state index in [1.54, 1.807) is 0 Å². The molecule has 2 rings (SSSR count). The molecule has 29 heavy (non-hydrogen) atoms. The largest absolute Gasteiger partial charge is 0.483 e. The second-order valence-corrected chi connectivity index (χ2v) is 7.13. The molecule has 0 saturated heterocycles. The van der Waals surface area contributed by atoms with E-state index in [1.165, 1.54) is 0 Å². The molecular weight excluding hydrogens is 368 g/mol. The van der Waals surface area contributed by atoms with Crippen LogP contribution in [0, 0.1) is 34.6 Å². The minimum absolute atomic E-state index is 0.0607. The molecule has 156 valence electrons. The fourth-order valence-corrected chi connectivity index (χ4v) is 2.82. The highest BCUT2D eigenvalue weighted by molar-refractivity contribution is 5.78. The normalized spacial score (nSPS) is 10.4. The van der Waals surface area contributed by atoms with Gasteiger partial charge in [0.25, 0.3) is 11.8 Å². The van der Waals surface area contributed by atoms with Gasteiger partial charge in [0, 0.05) is 13.1 Å². The van der Waals surface area contributed by atoms with Crippen LogP contribution in [0.4, 0.5) is 0 Å². The van der Waals surface area contributed by atoms with Crippen LogP contribution in [0.25, 0.3) is 0 Å². The van der Waals surface area contributed by atoms with Crippen molar-refractivity contribution < 1.29 is 19.1 Å². The van der Waals surface area contributed by atoms with Crippen LogP contribution in [-0.4, -0.2) is 38.1 Å². The molecule has 0 atom stereocenters. The van der Waals surface area contributed by atoms with Gasteiger partial charge in [-0.1, -0.05) is 24.3 Å². The van der Waals surface area contributed by atoms with Crippen molar-refractivity contribution >= 4 is 11.8 Å². The van der Waals surface area contributed by atoms with Crippen LogP contribution in [0.5, 0.6) is 11.5 Å². The monoisotopic (exact) mass is 398 g/mol. The zero-order valence-corrected chi connectivity index (χ0v) is 17.8. The van der Waals surface area contributed by atoms with Crippen molar-refractivity contribution in [2.24, 2.45) is 0 Å². The van der Waals surface area contributed by atoms with Gasteiger partial charge < -0.3 is 20.1 Å². The first kappa shape index (κ1) is 22.3. The number of nitrogens with one attached hydrogen (secondary N) is 2. The van der Waals surface area contributed by atoms with Gasteiger partial charge in [0.15, 0.2) is 13.2 Å². The zero-order valence-electron chi connectivity index (χ0n) is 17.8. The Balaban J connectivity index is 1.66. The highest BCUT2D eigenvalue weighted by Gasteiger charge is 2.10. The number of amides is 2. The van der Waals surface area contributed by atoms with Crippen LogP contribution in [0.1, 0.15) is 27.8 Å². The van der Waals surface area contributed by atoms with Crippen molar-refractivity contribution in [1.29, 1.82) is 0 Å². The SMILES string of the molecule is Cc1cccc(OCC(=O)NCCNC(=O)COc2c(C)ccc(C)c2C)c1C. The topological polar surface area (TPSA) is 76.7 Å². The number of hydrogen-bond donors (Lipinski definition) is 2. The quantitative estimate of drug-likeness (QED) is 0.637. The molecule has 2 N–H and O–H groups in total. The highest BCUT2D eigenvalue weighted by Crippen LogP contribution is 2.25. The summed E-state index contributed by atoms with van der Waals surface area (Å²) in [4.78, 5) is 23.9. The van der Waals surface area contributed by atoms with Crippen molar-refractivity contribution in [3.05, 3.63) is 58.1 Å². The third-order valence-electron chi connectivity index (χ3n) is 4.90. The molecule has 2 amide bonds. The first-order valence-corrected chi connectivity index (χ1v) is 9.71. The smallest absolute Gasteiger partial charge is 0.258 e. The molecule has 0 bridgehead atoms. The van der Waals surface area contributed by atoms with Crippen LogP contribution in [0.2, 0.25) is 0 Å². The lowest BCUT2D eigenvalue weighted by molar-refractivity contribution is -0.124. The van der Waals surface area contributed by atoms with Crippen LogP contribution < -0.4 is 20.1 Å². The first-order valence-electron chi connectivity index (χ1n) is 9.71. The summed E-state index contributed by atoms with van der Waals surface area (Å²) in [7, 11) is 0. The van der Waals surface area contributed by atoms with Crippen LogP contribution in [0.15, 0.2) is 30.3 Å². The Bertz CT molecular complexity index is 877. The van der Waals surface area contributed by atoms with Gasteiger partial charge in [0.2, 0.25) is 0 Å². The number of ether oxygens (including phenoxy) is 2. The third kappa shape index (κ3) is 6.52. The summed E-state index contributed by atoms with van der Waals surface area (Å²) in [5.74, 6) is 0.984. The molecular formula is C23H30N2O4. The molecule has 0 radical (unpaired) electrons. The van der Waals surface area contributed by atoms with E-state index < -0.39 is 0 Å². The van der Waals surface area contributed by atoms with Crippen molar-refractivity contribution in [2.45, 2.75) is 34.6 Å². The maximum atomic E-state index is 12.0. The van der Waals surface area contributed by atoms with E-state index in [0.717, 1.165) is 33.6 Å². The summed E-state index contributed by atoms with van der Waals surface area (Å²) >= 11 is 0. The van der Waals surface area contributed by atoms with E-state index in [9.17, 15) is 9.59 Å². The van der Waals surface area contributed by atoms with Crippen molar-refractivity contribution in [3.8, 4) is 11.5 Å². The summed E-state index contributed by atoms with van der Waals surface area (Å²) < 4.78 is 11.2. The molecule has 0 saturated carbocycles. The predicted molar refractivity (Wildman–Crippen MR) is 114 cm³/mol. The zero-order chi connectivity index (χ0) is 21.4. The highest BCUT2D eigenvalue weighted by atomic mass is 16.5. The molecule has 2 aromatic carbocycles. The minimum atomic E-state index is -0.234. The molecule has 6 nitrogen and oxygen atoms in total. The van der Waals surface area contributed by atoms with Gasteiger partial charge >= 0.3 is 0 Å². The molecule has 0 aliphatic carbocycles. The molecule has 0 spiro atoms.